The second-order valence-electron chi connectivity index (χ2n) is 22.5. The number of aliphatic hydroxyl groups is 5. The van der Waals surface area contributed by atoms with Crippen LogP contribution in [0.15, 0.2) is 100 Å². The van der Waals surface area contributed by atoms with Gasteiger partial charge in [-0.2, -0.15) is 0 Å². The van der Waals surface area contributed by atoms with Gasteiger partial charge in [-0.1, -0.05) is 67.5 Å². The lowest BCUT2D eigenvalue weighted by atomic mass is 9.42. The van der Waals surface area contributed by atoms with E-state index in [0.29, 0.717) is 57.8 Å². The van der Waals surface area contributed by atoms with Gasteiger partial charge in [-0.15, -0.1) is 0 Å². The smallest absolute Gasteiger partial charge is 0.343 e. The van der Waals surface area contributed by atoms with E-state index in [1.165, 1.54) is 37.5 Å². The molecule has 3 saturated carbocycles. The predicted octanol–water partition coefficient (Wildman–Crippen LogP) is 7.39. The summed E-state index contributed by atoms with van der Waals surface area (Å²) in [7, 11) is 1.26. The number of methoxy groups -OCH3 is 1. The first kappa shape index (κ1) is 53.9. The molecule has 8 aliphatic rings. The highest BCUT2D eigenvalue weighted by Crippen LogP contribution is 2.70. The number of ether oxygens (including phenoxy) is 6. The van der Waals surface area contributed by atoms with Crippen LogP contribution in [0.2, 0.25) is 0 Å². The van der Waals surface area contributed by atoms with Gasteiger partial charge in [-0.3, -0.25) is 14.6 Å². The number of aliphatic hydroxyl groups excluding tert-OH is 4. The molecule has 2 bridgehead atoms. The van der Waals surface area contributed by atoms with Crippen molar-refractivity contribution in [1.82, 2.24) is 0 Å². The molecular weight excluding hydrogens is 987 g/mol. The minimum Gasteiger partial charge on any atom is -0.482 e. The average molecular weight is 1050 g/mol. The summed E-state index contributed by atoms with van der Waals surface area (Å²) in [5.41, 5.74) is 0.790. The Bertz CT molecular complexity index is 3150. The summed E-state index contributed by atoms with van der Waals surface area (Å²) in [6.07, 6.45) is 3.32. The van der Waals surface area contributed by atoms with Gasteiger partial charge in [0, 0.05) is 52.0 Å². The van der Waals surface area contributed by atoms with Crippen molar-refractivity contribution >= 4 is 41.0 Å². The number of rotatable bonds is 14. The first-order chi connectivity index (χ1) is 36.6. The number of ketones is 2. The number of hydrogen-bond donors (Lipinski definition) is 5. The first-order valence-corrected chi connectivity index (χ1v) is 26.4. The summed E-state index contributed by atoms with van der Waals surface area (Å²) in [6, 6.07) is 13.0. The fourth-order valence-electron chi connectivity index (χ4n) is 12.8. The molecule has 16 heteroatoms. The number of carbonyl (C=O) groups is 4. The van der Waals surface area contributed by atoms with Crippen LogP contribution in [0.4, 0.5) is 0 Å². The van der Waals surface area contributed by atoms with Gasteiger partial charge in [0.2, 0.25) is 6.29 Å². The molecule has 16 nitrogen and oxygen atoms in total. The third kappa shape index (κ3) is 8.63. The van der Waals surface area contributed by atoms with Gasteiger partial charge in [0.25, 0.3) is 0 Å². The maximum absolute atomic E-state index is 15.7. The second kappa shape index (κ2) is 20.0. The number of hydrogen-bond acceptors (Lipinski definition) is 16. The SMILES string of the molecule is COC(=O)C(C)=CCC1(O)C(=O)C2CC(C(C)C)C13Oc1c(CC=C(C)C)c4c(c(OC(=O)c5ccc(O[C@H]6O[C@@H](CO)[C@H](O)[C@@H](O)[C@@H]6O)cc5)c1C1=C3C2C2C(=O)c3ccccc3C2=N1)C=CC(C)(CCC=C(C)C)O4. The molecule has 4 heterocycles. The highest BCUT2D eigenvalue weighted by atomic mass is 16.7. The standard InChI is InChI=1S/C61H67NO15/c1-29(2)13-12-24-59(8)25-23-38-52(76-59)37(21-16-30(3)4)54-44(53(38)75-57(70)33-17-19-34(20-18-33)73-58-51(67)50(66)49(65)41(28-63)74-58)47-45-42(43-46(62-47)35-14-10-11-15-36(35)48(43)64)39-27-40(31(5)6)61(45,77-54)60(71,55(39)68)26-22-32(7)56(69)72-9/h10-11,13-20,22-23,25,31,39-43,49-51,58,63,65-67,71H,12,21,24,26-28H2,1-9H3/t39?,40?,41-,42?,43?,49-,50+,51-,58-,59?,60?,61?/m0/s1. The maximum atomic E-state index is 15.7. The topological polar surface area (TPSA) is 237 Å². The summed E-state index contributed by atoms with van der Waals surface area (Å²) in [5, 5.41) is 54.9. The summed E-state index contributed by atoms with van der Waals surface area (Å²) >= 11 is 0. The number of nitrogens with zero attached hydrogens (tertiary/aromatic N) is 1. The zero-order valence-corrected chi connectivity index (χ0v) is 44.8. The minimum absolute atomic E-state index is 0.0283. The third-order valence-electron chi connectivity index (χ3n) is 16.7. The van der Waals surface area contributed by atoms with Crippen LogP contribution in [0, 0.1) is 29.6 Å². The van der Waals surface area contributed by atoms with Crippen LogP contribution in [-0.4, -0.2) is 116 Å². The Hall–Kier alpha value is -6.53. The van der Waals surface area contributed by atoms with Crippen molar-refractivity contribution in [3.63, 3.8) is 0 Å². The highest BCUT2D eigenvalue weighted by Gasteiger charge is 2.78. The number of esters is 2. The van der Waals surface area contributed by atoms with Crippen molar-refractivity contribution in [2.24, 2.45) is 34.6 Å². The molecule has 4 fully saturated rings. The molecule has 1 spiro atoms. The Morgan fingerprint density at radius 3 is 2.26 bits per heavy atom. The highest BCUT2D eigenvalue weighted by molar-refractivity contribution is 6.31. The molecule has 11 rings (SSSR count). The number of carbonyl (C=O) groups excluding carboxylic acids is 4. The Kier molecular flexibility index (Phi) is 14.0. The number of fused-ring (bicyclic) bond motifs is 8. The minimum atomic E-state index is -2.32. The number of Topliss-reactive ketones (excluding diaryl/α,β-unsaturated/α-hetero) is 2. The zero-order valence-electron chi connectivity index (χ0n) is 44.8. The normalized spacial score (nSPS) is 31.2. The van der Waals surface area contributed by atoms with E-state index < -0.39 is 95.5 Å². The van der Waals surface area contributed by atoms with E-state index in [1.807, 2.05) is 78.8 Å². The van der Waals surface area contributed by atoms with Gasteiger partial charge in [0.15, 0.2) is 28.5 Å². The summed E-state index contributed by atoms with van der Waals surface area (Å²) in [6.45, 7) is 14.9. The molecule has 1 saturated heterocycles. The summed E-state index contributed by atoms with van der Waals surface area (Å²) in [4.78, 5) is 64.0. The van der Waals surface area contributed by atoms with Crippen LogP contribution in [0.3, 0.4) is 0 Å². The van der Waals surface area contributed by atoms with Gasteiger partial charge in [-0.25, -0.2) is 9.59 Å². The number of benzene rings is 3. The molecule has 406 valence electrons. The van der Waals surface area contributed by atoms with E-state index in [2.05, 4.69) is 6.08 Å². The molecule has 12 atom stereocenters. The predicted molar refractivity (Wildman–Crippen MR) is 283 cm³/mol. The third-order valence-corrected chi connectivity index (χ3v) is 16.7. The molecule has 0 aromatic heterocycles. The molecule has 0 radical (unpaired) electrons. The van der Waals surface area contributed by atoms with Crippen LogP contribution >= 0.6 is 0 Å². The Labute approximate surface area is 447 Å². The van der Waals surface area contributed by atoms with E-state index in [-0.39, 0.29) is 64.9 Å². The van der Waals surface area contributed by atoms with Crippen molar-refractivity contribution in [3.8, 4) is 23.0 Å². The van der Waals surface area contributed by atoms with E-state index in [1.54, 1.807) is 19.1 Å². The van der Waals surface area contributed by atoms with Gasteiger partial charge < -0.3 is 54.0 Å². The van der Waals surface area contributed by atoms with E-state index in [9.17, 15) is 39.9 Å². The lowest BCUT2D eigenvalue weighted by Gasteiger charge is -2.66. The molecule has 7 unspecified atom stereocenters. The molecule has 4 aliphatic heterocycles. The molecule has 4 aliphatic carbocycles. The van der Waals surface area contributed by atoms with Gasteiger partial charge in [0.1, 0.15) is 47.3 Å². The van der Waals surface area contributed by atoms with Crippen LogP contribution < -0.4 is 18.9 Å². The molecule has 0 amide bonds. The molecule has 3 aromatic rings. The molecule has 5 N–H and O–H groups in total. The molecule has 3 aromatic carbocycles. The monoisotopic (exact) mass is 1050 g/mol. The quantitative estimate of drug-likeness (QED) is 0.0458. The lowest BCUT2D eigenvalue weighted by molar-refractivity contribution is -0.277. The van der Waals surface area contributed by atoms with Crippen molar-refractivity contribution in [2.75, 3.05) is 13.7 Å². The Morgan fingerprint density at radius 2 is 1.60 bits per heavy atom. The number of aliphatic imine (C=N–C) groups is 1. The number of allylic oxidation sites excluding steroid dienone is 4. The largest absolute Gasteiger partial charge is 0.482 e. The van der Waals surface area contributed by atoms with Gasteiger partial charge >= 0.3 is 11.9 Å². The summed E-state index contributed by atoms with van der Waals surface area (Å²) in [5.74, 6) is -4.88. The van der Waals surface area contributed by atoms with E-state index in [4.69, 9.17) is 33.4 Å². The molecule has 77 heavy (non-hydrogen) atoms. The Balaban J connectivity index is 1.22. The van der Waals surface area contributed by atoms with Crippen molar-refractivity contribution in [1.29, 1.82) is 0 Å². The fourth-order valence-corrected chi connectivity index (χ4v) is 12.8. The van der Waals surface area contributed by atoms with Crippen LogP contribution in [0.25, 0.3) is 11.8 Å². The van der Waals surface area contributed by atoms with Crippen LogP contribution in [0.1, 0.15) is 124 Å². The van der Waals surface area contributed by atoms with Gasteiger partial charge in [-0.05, 0) is 110 Å². The zero-order chi connectivity index (χ0) is 55.2. The fraction of sp³-hybridized carbons (Fsp3) is 0.459. The van der Waals surface area contributed by atoms with Crippen molar-refractivity contribution < 1.29 is 73.1 Å². The first-order valence-electron chi connectivity index (χ1n) is 26.4. The lowest BCUT2D eigenvalue weighted by Crippen LogP contribution is -2.79. The van der Waals surface area contributed by atoms with Crippen LogP contribution in [0.5, 0.6) is 23.0 Å². The maximum Gasteiger partial charge on any atom is 0.343 e. The Morgan fingerprint density at radius 1 is 0.896 bits per heavy atom. The second-order valence-corrected chi connectivity index (χ2v) is 22.5. The van der Waals surface area contributed by atoms with Gasteiger partial charge in [0.05, 0.1) is 47.7 Å². The van der Waals surface area contributed by atoms with E-state index in [0.717, 1.165) is 11.1 Å². The average Bonchev–Trinajstić information content (AvgIpc) is 3.88. The van der Waals surface area contributed by atoms with Crippen molar-refractivity contribution in [2.45, 2.75) is 135 Å². The van der Waals surface area contributed by atoms with Crippen molar-refractivity contribution in [3.05, 3.63) is 129 Å². The van der Waals surface area contributed by atoms with E-state index >= 15 is 4.79 Å². The van der Waals surface area contributed by atoms with Crippen LogP contribution in [-0.2, 0) is 25.5 Å². The molecular formula is C61H67NO15. The summed E-state index contributed by atoms with van der Waals surface area (Å²) < 4.78 is 38.1.